The molecular formula is C12H14ClFNO4S-. The lowest BCUT2D eigenvalue weighted by molar-refractivity contribution is -0.120. The van der Waals surface area contributed by atoms with Crippen LogP contribution in [0.15, 0.2) is 24.3 Å². The minimum absolute atomic E-state index is 0.133. The molecule has 0 radical (unpaired) electrons. The van der Waals surface area contributed by atoms with Crippen LogP contribution in [0.2, 0.25) is 0 Å². The van der Waals surface area contributed by atoms with Gasteiger partial charge in [0.15, 0.2) is 0 Å². The van der Waals surface area contributed by atoms with Crippen LogP contribution < -0.4 is 5.32 Å². The maximum absolute atomic E-state index is 12.8. The van der Waals surface area contributed by atoms with Gasteiger partial charge < -0.3 is 15.0 Å². The molecule has 20 heavy (non-hydrogen) atoms. The highest BCUT2D eigenvalue weighted by Gasteiger charge is 2.22. The number of hydrogen-bond donors (Lipinski definition) is 2. The Labute approximate surface area is 123 Å². The summed E-state index contributed by atoms with van der Waals surface area (Å²) in [4.78, 5) is 11.1. The molecule has 0 aromatic heterocycles. The van der Waals surface area contributed by atoms with Gasteiger partial charge in [-0.15, -0.1) is 11.6 Å². The third kappa shape index (κ3) is 5.16. The van der Waals surface area contributed by atoms with Crippen molar-refractivity contribution in [1.29, 1.82) is 0 Å². The molecule has 0 aliphatic carbocycles. The lowest BCUT2D eigenvalue weighted by Crippen LogP contribution is -2.41. The van der Waals surface area contributed by atoms with E-state index in [4.69, 9.17) is 11.6 Å². The fraction of sp³-hybridized carbons (Fsp3) is 0.417. The van der Waals surface area contributed by atoms with Gasteiger partial charge in [-0.1, -0.05) is 35.3 Å². The van der Waals surface area contributed by atoms with Gasteiger partial charge in [-0.3, -0.25) is 9.00 Å². The monoisotopic (exact) mass is 322 g/mol. The summed E-state index contributed by atoms with van der Waals surface area (Å²) < 4.78 is 33.9. The van der Waals surface area contributed by atoms with E-state index in [0.717, 1.165) is 0 Å². The number of rotatable bonds is 7. The van der Waals surface area contributed by atoms with Crippen LogP contribution in [0.5, 0.6) is 0 Å². The van der Waals surface area contributed by atoms with Crippen LogP contribution in [0, 0.1) is 0 Å². The number of halogens is 2. The molecule has 0 bridgehead atoms. The summed E-state index contributed by atoms with van der Waals surface area (Å²) in [5.74, 6) is -1.03. The molecule has 0 spiro atoms. The first kappa shape index (κ1) is 17.0. The molecule has 8 heteroatoms. The molecule has 5 nitrogen and oxygen atoms in total. The van der Waals surface area contributed by atoms with Gasteiger partial charge in [-0.25, -0.2) is 4.39 Å². The SMILES string of the molecule is O=C(CCl)NC(CF)C(O)c1ccc(CS(=O)[O-])cc1. The zero-order valence-electron chi connectivity index (χ0n) is 10.4. The second-order valence-electron chi connectivity index (χ2n) is 4.10. The molecule has 0 fully saturated rings. The second-order valence-corrected chi connectivity index (χ2v) is 5.26. The summed E-state index contributed by atoms with van der Waals surface area (Å²) in [6.07, 6.45) is -1.24. The summed E-state index contributed by atoms with van der Waals surface area (Å²) in [6, 6.07) is 4.92. The Morgan fingerprint density at radius 2 is 2.05 bits per heavy atom. The maximum Gasteiger partial charge on any atom is 0.235 e. The molecular weight excluding hydrogens is 309 g/mol. The van der Waals surface area contributed by atoms with Gasteiger partial charge in [0.1, 0.15) is 18.7 Å². The number of nitrogens with one attached hydrogen (secondary N) is 1. The molecule has 1 amide bonds. The van der Waals surface area contributed by atoms with E-state index < -0.39 is 35.8 Å². The highest BCUT2D eigenvalue weighted by Crippen LogP contribution is 2.18. The van der Waals surface area contributed by atoms with Crippen molar-refractivity contribution in [2.75, 3.05) is 12.6 Å². The molecule has 0 aliphatic rings. The molecule has 0 saturated carbocycles. The van der Waals surface area contributed by atoms with E-state index in [-0.39, 0.29) is 11.6 Å². The zero-order valence-corrected chi connectivity index (χ0v) is 12.0. The van der Waals surface area contributed by atoms with Crippen LogP contribution in [0.25, 0.3) is 0 Å². The Morgan fingerprint density at radius 3 is 2.50 bits per heavy atom. The summed E-state index contributed by atoms with van der Waals surface area (Å²) in [5.41, 5.74) is 0.929. The molecule has 112 valence electrons. The number of carbonyl (C=O) groups is 1. The van der Waals surface area contributed by atoms with Gasteiger partial charge in [-0.05, 0) is 11.1 Å². The third-order valence-corrected chi connectivity index (χ3v) is 3.43. The molecule has 1 aromatic carbocycles. The Kier molecular flexibility index (Phi) is 7.08. The van der Waals surface area contributed by atoms with E-state index in [1.54, 1.807) is 0 Å². The fourth-order valence-electron chi connectivity index (χ4n) is 1.63. The number of aliphatic hydroxyl groups excluding tert-OH is 1. The van der Waals surface area contributed by atoms with Gasteiger partial charge in [0.25, 0.3) is 0 Å². The summed E-state index contributed by atoms with van der Waals surface area (Å²) in [7, 11) is 0. The summed E-state index contributed by atoms with van der Waals surface area (Å²) in [5, 5.41) is 12.2. The Hall–Kier alpha value is -1.02. The molecule has 2 N–H and O–H groups in total. The number of carbonyl (C=O) groups excluding carboxylic acids is 1. The van der Waals surface area contributed by atoms with Crippen molar-refractivity contribution in [2.45, 2.75) is 17.9 Å². The van der Waals surface area contributed by atoms with E-state index in [1.807, 2.05) is 0 Å². The van der Waals surface area contributed by atoms with Crippen LogP contribution in [-0.4, -0.2) is 38.4 Å². The van der Waals surface area contributed by atoms with E-state index in [2.05, 4.69) is 5.32 Å². The molecule has 1 rings (SSSR count). The Balaban J connectivity index is 2.76. The topological polar surface area (TPSA) is 89.5 Å². The molecule has 0 heterocycles. The van der Waals surface area contributed by atoms with Crippen molar-refractivity contribution in [3.63, 3.8) is 0 Å². The largest absolute Gasteiger partial charge is 0.772 e. The lowest BCUT2D eigenvalue weighted by Gasteiger charge is -2.21. The van der Waals surface area contributed by atoms with E-state index >= 15 is 0 Å². The second kappa shape index (κ2) is 8.31. The summed E-state index contributed by atoms with van der Waals surface area (Å²) in [6.45, 7) is -0.948. The fourth-order valence-corrected chi connectivity index (χ4v) is 2.17. The molecule has 1 aromatic rings. The van der Waals surface area contributed by atoms with Crippen molar-refractivity contribution in [2.24, 2.45) is 0 Å². The lowest BCUT2D eigenvalue weighted by atomic mass is 10.0. The number of amides is 1. The first-order chi connectivity index (χ1) is 9.47. The van der Waals surface area contributed by atoms with Crippen molar-refractivity contribution >= 4 is 28.6 Å². The van der Waals surface area contributed by atoms with Crippen molar-refractivity contribution in [3.8, 4) is 0 Å². The average molecular weight is 323 g/mol. The first-order valence-corrected chi connectivity index (χ1v) is 7.49. The number of benzene rings is 1. The van der Waals surface area contributed by atoms with Gasteiger partial charge in [0.2, 0.25) is 5.91 Å². The molecule has 0 saturated heterocycles. The number of alkyl halides is 2. The van der Waals surface area contributed by atoms with Crippen molar-refractivity contribution in [3.05, 3.63) is 35.4 Å². The molecule has 3 unspecified atom stereocenters. The third-order valence-electron chi connectivity index (χ3n) is 2.62. The Bertz CT molecular complexity index is 471. The minimum Gasteiger partial charge on any atom is -0.772 e. The quantitative estimate of drug-likeness (QED) is 0.574. The Morgan fingerprint density at radius 1 is 1.45 bits per heavy atom. The van der Waals surface area contributed by atoms with Crippen LogP contribution in [-0.2, 0) is 21.6 Å². The van der Waals surface area contributed by atoms with E-state index in [9.17, 15) is 23.1 Å². The van der Waals surface area contributed by atoms with Crippen LogP contribution in [0.3, 0.4) is 0 Å². The zero-order chi connectivity index (χ0) is 15.1. The summed E-state index contributed by atoms with van der Waals surface area (Å²) >= 11 is 3.10. The van der Waals surface area contributed by atoms with E-state index in [1.165, 1.54) is 24.3 Å². The highest BCUT2D eigenvalue weighted by molar-refractivity contribution is 7.78. The van der Waals surface area contributed by atoms with Gasteiger partial charge in [-0.2, -0.15) is 0 Å². The predicted molar refractivity (Wildman–Crippen MR) is 72.7 cm³/mol. The number of aliphatic hydroxyl groups is 1. The van der Waals surface area contributed by atoms with Gasteiger partial charge in [0, 0.05) is 5.75 Å². The van der Waals surface area contributed by atoms with E-state index in [0.29, 0.717) is 11.1 Å². The normalized spacial score (nSPS) is 15.4. The standard InChI is InChI=1S/C12H15ClFNO4S/c13-5-11(16)15-10(6-14)12(17)9-3-1-8(2-4-9)7-20(18)19/h1-4,10,12,17H,5-7H2,(H,15,16)(H,18,19)/p-1. The van der Waals surface area contributed by atoms with Gasteiger partial charge >= 0.3 is 0 Å². The maximum atomic E-state index is 12.8. The van der Waals surface area contributed by atoms with Crippen molar-refractivity contribution in [1.82, 2.24) is 5.32 Å². The van der Waals surface area contributed by atoms with Gasteiger partial charge in [0.05, 0.1) is 6.04 Å². The minimum atomic E-state index is -2.20. The van der Waals surface area contributed by atoms with Crippen LogP contribution >= 0.6 is 11.6 Å². The average Bonchev–Trinajstić information content (AvgIpc) is 2.44. The van der Waals surface area contributed by atoms with Crippen LogP contribution in [0.4, 0.5) is 4.39 Å². The van der Waals surface area contributed by atoms with Crippen LogP contribution in [0.1, 0.15) is 17.2 Å². The molecule has 3 atom stereocenters. The first-order valence-electron chi connectivity index (χ1n) is 5.72. The number of hydrogen-bond acceptors (Lipinski definition) is 4. The smallest absolute Gasteiger partial charge is 0.235 e. The highest BCUT2D eigenvalue weighted by atomic mass is 35.5. The molecule has 0 aliphatic heterocycles. The van der Waals surface area contributed by atoms with Crippen molar-refractivity contribution < 1.29 is 23.1 Å². The predicted octanol–water partition coefficient (Wildman–Crippen LogP) is 0.792.